The van der Waals surface area contributed by atoms with Crippen LogP contribution in [0.15, 0.2) is 24.4 Å². The van der Waals surface area contributed by atoms with Gasteiger partial charge in [0.25, 0.3) is 0 Å². The summed E-state index contributed by atoms with van der Waals surface area (Å²) in [5.41, 5.74) is 2.01. The molecule has 2 saturated carbocycles. The van der Waals surface area contributed by atoms with Gasteiger partial charge in [-0.25, -0.2) is 9.18 Å². The Bertz CT molecular complexity index is 744. The first kappa shape index (κ1) is 15.5. The minimum Gasteiger partial charge on any atom is -0.361 e. The van der Waals surface area contributed by atoms with Crippen LogP contribution in [0.3, 0.4) is 0 Å². The van der Waals surface area contributed by atoms with E-state index in [-0.39, 0.29) is 17.3 Å². The summed E-state index contributed by atoms with van der Waals surface area (Å²) in [5.74, 6) is -0.231. The summed E-state index contributed by atoms with van der Waals surface area (Å²) in [6, 6.07) is 5.12. The first-order valence-electron chi connectivity index (χ1n) is 8.98. The van der Waals surface area contributed by atoms with Crippen LogP contribution in [0, 0.1) is 5.82 Å². The highest BCUT2D eigenvalue weighted by molar-refractivity contribution is 5.85. The van der Waals surface area contributed by atoms with Gasteiger partial charge in [-0.05, 0) is 49.4 Å². The number of urea groups is 1. The van der Waals surface area contributed by atoms with Crippen LogP contribution in [0.1, 0.15) is 50.5 Å². The Hall–Kier alpha value is -2.04. The maximum Gasteiger partial charge on any atom is 0.315 e. The molecule has 1 heterocycles. The van der Waals surface area contributed by atoms with Crippen LogP contribution in [0.2, 0.25) is 0 Å². The van der Waals surface area contributed by atoms with Crippen LogP contribution in [0.4, 0.5) is 9.18 Å². The van der Waals surface area contributed by atoms with Gasteiger partial charge < -0.3 is 15.6 Å². The van der Waals surface area contributed by atoms with E-state index in [0.29, 0.717) is 12.6 Å². The molecule has 0 unspecified atom stereocenters. The lowest BCUT2D eigenvalue weighted by atomic mass is 9.95. The van der Waals surface area contributed by atoms with Crippen molar-refractivity contribution in [3.05, 3.63) is 35.8 Å². The summed E-state index contributed by atoms with van der Waals surface area (Å²) in [6.07, 6.45) is 9.96. The van der Waals surface area contributed by atoms with E-state index in [9.17, 15) is 9.18 Å². The number of aromatic nitrogens is 1. The zero-order chi connectivity index (χ0) is 16.6. The predicted molar refractivity (Wildman–Crippen MR) is 92.6 cm³/mol. The molecule has 2 aliphatic rings. The lowest BCUT2D eigenvalue weighted by Gasteiger charge is -2.24. The Morgan fingerprint density at radius 2 is 2.04 bits per heavy atom. The smallest absolute Gasteiger partial charge is 0.315 e. The summed E-state index contributed by atoms with van der Waals surface area (Å²) >= 11 is 0. The van der Waals surface area contributed by atoms with Crippen molar-refractivity contribution in [3.63, 3.8) is 0 Å². The summed E-state index contributed by atoms with van der Waals surface area (Å²) < 4.78 is 13.3. The van der Waals surface area contributed by atoms with E-state index in [4.69, 9.17) is 0 Å². The first-order chi connectivity index (χ1) is 11.7. The molecule has 2 aromatic rings. The second-order valence-electron chi connectivity index (χ2n) is 7.33. The van der Waals surface area contributed by atoms with Gasteiger partial charge >= 0.3 is 6.03 Å². The van der Waals surface area contributed by atoms with Crippen molar-refractivity contribution in [2.24, 2.45) is 0 Å². The summed E-state index contributed by atoms with van der Waals surface area (Å²) in [7, 11) is 0. The number of hydrogen-bond acceptors (Lipinski definition) is 1. The van der Waals surface area contributed by atoms with E-state index in [1.807, 2.05) is 12.3 Å². The first-order valence-corrected chi connectivity index (χ1v) is 8.98. The lowest BCUT2D eigenvalue weighted by molar-refractivity contribution is 0.231. The summed E-state index contributed by atoms with van der Waals surface area (Å²) in [6.45, 7) is 0.635. The minimum absolute atomic E-state index is 0.0000155. The Morgan fingerprint density at radius 1 is 1.25 bits per heavy atom. The molecule has 0 aliphatic heterocycles. The zero-order valence-corrected chi connectivity index (χ0v) is 13.8. The fourth-order valence-corrected chi connectivity index (χ4v) is 3.96. The number of H-pyrrole nitrogens is 1. The third-order valence-electron chi connectivity index (χ3n) is 5.60. The van der Waals surface area contributed by atoms with Gasteiger partial charge in [0.15, 0.2) is 0 Å². The van der Waals surface area contributed by atoms with E-state index in [1.54, 1.807) is 0 Å². The minimum atomic E-state index is -0.231. The molecular weight excluding hydrogens is 305 g/mol. The van der Waals surface area contributed by atoms with Gasteiger partial charge in [0.2, 0.25) is 0 Å². The Kier molecular flexibility index (Phi) is 3.94. The molecule has 1 aromatic carbocycles. The summed E-state index contributed by atoms with van der Waals surface area (Å²) in [4.78, 5) is 15.3. The van der Waals surface area contributed by atoms with E-state index in [2.05, 4.69) is 15.6 Å². The number of rotatable bonds is 4. The highest BCUT2D eigenvalue weighted by Crippen LogP contribution is 2.50. The van der Waals surface area contributed by atoms with Crippen molar-refractivity contribution in [2.45, 2.75) is 56.4 Å². The molecule has 0 saturated heterocycles. The van der Waals surface area contributed by atoms with Crippen molar-refractivity contribution < 1.29 is 9.18 Å². The number of benzene rings is 1. The number of fused-ring (bicyclic) bond motifs is 1. The topological polar surface area (TPSA) is 56.9 Å². The number of carbonyl (C=O) groups is 1. The molecular formula is C19H24FN3O. The van der Waals surface area contributed by atoms with Crippen molar-refractivity contribution in [2.75, 3.05) is 6.54 Å². The standard InChI is InChI=1S/C19H24FN3O/c20-13-6-7-15-16(11-21-17(15)10-13)19(8-9-19)12-22-18(24)23-14-4-2-1-3-5-14/h6-7,10-11,14,21H,1-5,8-9,12H2,(H2,22,23,24). The van der Waals surface area contributed by atoms with Crippen molar-refractivity contribution in [3.8, 4) is 0 Å². The zero-order valence-electron chi connectivity index (χ0n) is 13.8. The van der Waals surface area contributed by atoms with Crippen LogP contribution in [-0.4, -0.2) is 23.6 Å². The molecule has 2 aliphatic carbocycles. The second kappa shape index (κ2) is 6.11. The van der Waals surface area contributed by atoms with Gasteiger partial charge in [-0.1, -0.05) is 19.3 Å². The third kappa shape index (κ3) is 2.99. The maximum absolute atomic E-state index is 13.3. The van der Waals surface area contributed by atoms with Crippen LogP contribution >= 0.6 is 0 Å². The molecule has 2 amide bonds. The van der Waals surface area contributed by atoms with Gasteiger partial charge in [-0.3, -0.25) is 0 Å². The number of halogens is 1. The monoisotopic (exact) mass is 329 g/mol. The Labute approximate surface area is 141 Å². The van der Waals surface area contributed by atoms with Crippen LogP contribution in [-0.2, 0) is 5.41 Å². The number of carbonyl (C=O) groups excluding carboxylic acids is 1. The molecule has 0 radical (unpaired) electrons. The molecule has 4 rings (SSSR count). The largest absolute Gasteiger partial charge is 0.361 e. The molecule has 0 bridgehead atoms. The quantitative estimate of drug-likeness (QED) is 0.781. The number of nitrogens with one attached hydrogen (secondary N) is 3. The van der Waals surface area contributed by atoms with Crippen molar-refractivity contribution in [1.29, 1.82) is 0 Å². The third-order valence-corrected chi connectivity index (χ3v) is 5.60. The predicted octanol–water partition coefficient (Wildman–Crippen LogP) is 3.97. The fourth-order valence-electron chi connectivity index (χ4n) is 3.96. The molecule has 5 heteroatoms. The van der Waals surface area contributed by atoms with Gasteiger partial charge in [-0.2, -0.15) is 0 Å². The normalized spacial score (nSPS) is 20.0. The van der Waals surface area contributed by atoms with Crippen molar-refractivity contribution in [1.82, 2.24) is 15.6 Å². The van der Waals surface area contributed by atoms with Crippen LogP contribution in [0.25, 0.3) is 10.9 Å². The highest BCUT2D eigenvalue weighted by atomic mass is 19.1. The average Bonchev–Trinajstić information content (AvgIpc) is 3.26. The lowest BCUT2D eigenvalue weighted by Crippen LogP contribution is -2.45. The molecule has 24 heavy (non-hydrogen) atoms. The molecule has 128 valence electrons. The number of amides is 2. The van der Waals surface area contributed by atoms with Crippen molar-refractivity contribution >= 4 is 16.9 Å². The molecule has 1 aromatic heterocycles. The Morgan fingerprint density at radius 3 is 2.79 bits per heavy atom. The fraction of sp³-hybridized carbons (Fsp3) is 0.526. The van der Waals surface area contributed by atoms with Gasteiger partial charge in [0, 0.05) is 35.1 Å². The van der Waals surface area contributed by atoms with Crippen LogP contribution < -0.4 is 10.6 Å². The van der Waals surface area contributed by atoms with Gasteiger partial charge in [0.05, 0.1) is 0 Å². The second-order valence-corrected chi connectivity index (χ2v) is 7.33. The van der Waals surface area contributed by atoms with Gasteiger partial charge in [-0.15, -0.1) is 0 Å². The van der Waals surface area contributed by atoms with E-state index in [1.165, 1.54) is 37.0 Å². The number of hydrogen-bond donors (Lipinski definition) is 3. The van der Waals surface area contributed by atoms with E-state index >= 15 is 0 Å². The average molecular weight is 329 g/mol. The molecule has 4 nitrogen and oxygen atoms in total. The summed E-state index contributed by atoms with van der Waals surface area (Å²) in [5, 5.41) is 7.22. The molecule has 2 fully saturated rings. The Balaban J connectivity index is 1.41. The SMILES string of the molecule is O=C(NCC1(c2c[nH]c3cc(F)ccc23)CC1)NC1CCCCC1. The van der Waals surface area contributed by atoms with E-state index < -0.39 is 0 Å². The van der Waals surface area contributed by atoms with Gasteiger partial charge in [0.1, 0.15) is 5.82 Å². The molecule has 0 spiro atoms. The molecule has 0 atom stereocenters. The molecule has 3 N–H and O–H groups in total. The van der Waals surface area contributed by atoms with E-state index in [0.717, 1.165) is 36.6 Å². The highest BCUT2D eigenvalue weighted by Gasteiger charge is 2.45. The maximum atomic E-state index is 13.3. The van der Waals surface area contributed by atoms with Crippen LogP contribution in [0.5, 0.6) is 0 Å². The number of aromatic amines is 1.